The minimum Gasteiger partial charge on any atom is -0.484 e. The summed E-state index contributed by atoms with van der Waals surface area (Å²) in [5.41, 5.74) is 2.19. The number of rotatable bonds is 5. The summed E-state index contributed by atoms with van der Waals surface area (Å²) in [5, 5.41) is 2.84. The van der Waals surface area contributed by atoms with E-state index >= 15 is 0 Å². The molecule has 110 valence electrons. The van der Waals surface area contributed by atoms with Gasteiger partial charge in [-0.15, -0.1) is 0 Å². The van der Waals surface area contributed by atoms with E-state index in [-0.39, 0.29) is 18.6 Å². The third kappa shape index (κ3) is 4.21. The average Bonchev–Trinajstić information content (AvgIpc) is 2.93. The van der Waals surface area contributed by atoms with Crippen molar-refractivity contribution >= 4 is 21.8 Å². The van der Waals surface area contributed by atoms with E-state index in [1.165, 1.54) is 0 Å². The zero-order valence-corrected chi connectivity index (χ0v) is 13.5. The van der Waals surface area contributed by atoms with Crippen molar-refractivity contribution in [3.8, 4) is 5.75 Å². The largest absolute Gasteiger partial charge is 0.484 e. The molecule has 1 aromatic carbocycles. The molecule has 1 atom stereocenters. The molecule has 1 heterocycles. The van der Waals surface area contributed by atoms with E-state index in [9.17, 15) is 4.79 Å². The van der Waals surface area contributed by atoms with E-state index in [1.807, 2.05) is 26.0 Å². The van der Waals surface area contributed by atoms with Crippen LogP contribution in [0.2, 0.25) is 0 Å². The van der Waals surface area contributed by atoms with Gasteiger partial charge in [-0.25, -0.2) is 0 Å². The number of aryl methyl sites for hydroxylation is 2. The Morgan fingerprint density at radius 3 is 2.75 bits per heavy atom. The molecule has 20 heavy (non-hydrogen) atoms. The van der Waals surface area contributed by atoms with Crippen LogP contribution in [-0.4, -0.2) is 31.8 Å². The van der Waals surface area contributed by atoms with Crippen molar-refractivity contribution in [2.75, 3.05) is 19.8 Å². The van der Waals surface area contributed by atoms with Crippen LogP contribution in [0.4, 0.5) is 0 Å². The molecule has 0 bridgehead atoms. The molecule has 0 unspecified atom stereocenters. The number of halogens is 1. The molecule has 1 aromatic rings. The van der Waals surface area contributed by atoms with Crippen molar-refractivity contribution < 1.29 is 14.3 Å². The minimum atomic E-state index is -0.112. The van der Waals surface area contributed by atoms with Crippen LogP contribution < -0.4 is 10.1 Å². The quantitative estimate of drug-likeness (QED) is 0.895. The summed E-state index contributed by atoms with van der Waals surface area (Å²) in [4.78, 5) is 11.7. The number of hydrogen-bond acceptors (Lipinski definition) is 3. The Morgan fingerprint density at radius 2 is 2.15 bits per heavy atom. The van der Waals surface area contributed by atoms with Gasteiger partial charge in [0.1, 0.15) is 5.75 Å². The number of hydrogen-bond donors (Lipinski definition) is 1. The highest BCUT2D eigenvalue weighted by atomic mass is 79.9. The molecule has 1 amide bonds. The van der Waals surface area contributed by atoms with Crippen molar-refractivity contribution in [3.05, 3.63) is 27.7 Å². The Kier molecular flexibility index (Phi) is 5.43. The summed E-state index contributed by atoms with van der Waals surface area (Å²) in [7, 11) is 0. The molecule has 1 aliphatic heterocycles. The second kappa shape index (κ2) is 7.09. The average molecular weight is 342 g/mol. The Bertz CT molecular complexity index is 461. The van der Waals surface area contributed by atoms with Gasteiger partial charge in [-0.05, 0) is 49.9 Å². The van der Waals surface area contributed by atoms with Gasteiger partial charge in [-0.1, -0.05) is 15.9 Å². The number of amides is 1. The van der Waals surface area contributed by atoms with Gasteiger partial charge in [0.2, 0.25) is 0 Å². The molecule has 0 radical (unpaired) electrons. The molecule has 1 aliphatic rings. The Balaban J connectivity index is 1.78. The molecule has 2 rings (SSSR count). The third-order valence-electron chi connectivity index (χ3n) is 3.33. The standard InChI is InChI=1S/C15H20BrNO3/c1-10-6-13(7-11(2)15(10)16)20-9-14(18)17-8-12-4-3-5-19-12/h6-7,12H,3-5,8-9H2,1-2H3,(H,17,18)/t12-/m1/s1. The van der Waals surface area contributed by atoms with E-state index in [0.29, 0.717) is 6.54 Å². The van der Waals surface area contributed by atoms with Gasteiger partial charge < -0.3 is 14.8 Å². The highest BCUT2D eigenvalue weighted by molar-refractivity contribution is 9.10. The monoisotopic (exact) mass is 341 g/mol. The predicted molar refractivity (Wildman–Crippen MR) is 81.1 cm³/mol. The third-order valence-corrected chi connectivity index (χ3v) is 4.58. The lowest BCUT2D eigenvalue weighted by Crippen LogP contribution is -2.35. The topological polar surface area (TPSA) is 47.6 Å². The Hall–Kier alpha value is -1.07. The summed E-state index contributed by atoms with van der Waals surface area (Å²) >= 11 is 3.51. The van der Waals surface area contributed by atoms with Crippen LogP contribution in [0.1, 0.15) is 24.0 Å². The smallest absolute Gasteiger partial charge is 0.258 e. The molecule has 4 nitrogen and oxygen atoms in total. The second-order valence-corrected chi connectivity index (χ2v) is 5.89. The highest BCUT2D eigenvalue weighted by Crippen LogP contribution is 2.26. The maximum absolute atomic E-state index is 11.7. The Labute approximate surface area is 128 Å². The first-order chi connectivity index (χ1) is 9.56. The van der Waals surface area contributed by atoms with E-state index in [0.717, 1.165) is 40.8 Å². The molecule has 0 spiro atoms. The Morgan fingerprint density at radius 1 is 1.45 bits per heavy atom. The van der Waals surface area contributed by atoms with Crippen molar-refractivity contribution in [1.82, 2.24) is 5.32 Å². The first-order valence-electron chi connectivity index (χ1n) is 6.84. The van der Waals surface area contributed by atoms with Gasteiger partial charge >= 0.3 is 0 Å². The van der Waals surface area contributed by atoms with Gasteiger partial charge in [-0.3, -0.25) is 4.79 Å². The van der Waals surface area contributed by atoms with Crippen molar-refractivity contribution in [2.24, 2.45) is 0 Å². The van der Waals surface area contributed by atoms with Gasteiger partial charge in [0.15, 0.2) is 6.61 Å². The molecule has 5 heteroatoms. The molecular formula is C15H20BrNO3. The normalized spacial score (nSPS) is 18.1. The fraction of sp³-hybridized carbons (Fsp3) is 0.533. The maximum Gasteiger partial charge on any atom is 0.258 e. The summed E-state index contributed by atoms with van der Waals surface area (Å²) in [6.07, 6.45) is 2.26. The molecule has 0 aromatic heterocycles. The highest BCUT2D eigenvalue weighted by Gasteiger charge is 2.16. The molecule has 1 saturated heterocycles. The molecule has 1 fully saturated rings. The summed E-state index contributed by atoms with van der Waals surface area (Å²) in [5.74, 6) is 0.606. The fourth-order valence-corrected chi connectivity index (χ4v) is 2.45. The second-order valence-electron chi connectivity index (χ2n) is 5.10. The van der Waals surface area contributed by atoms with Crippen molar-refractivity contribution in [2.45, 2.75) is 32.8 Å². The lowest BCUT2D eigenvalue weighted by molar-refractivity contribution is -0.123. The molecule has 0 aliphatic carbocycles. The zero-order valence-electron chi connectivity index (χ0n) is 11.9. The lowest BCUT2D eigenvalue weighted by atomic mass is 10.1. The van der Waals surface area contributed by atoms with Crippen LogP contribution in [0.15, 0.2) is 16.6 Å². The van der Waals surface area contributed by atoms with E-state index in [4.69, 9.17) is 9.47 Å². The zero-order chi connectivity index (χ0) is 14.5. The summed E-state index contributed by atoms with van der Waals surface area (Å²) in [6, 6.07) is 3.84. The number of ether oxygens (including phenoxy) is 2. The lowest BCUT2D eigenvalue weighted by Gasteiger charge is -2.12. The SMILES string of the molecule is Cc1cc(OCC(=O)NC[C@H]2CCCO2)cc(C)c1Br. The van der Waals surface area contributed by atoms with Gasteiger partial charge in [0, 0.05) is 17.6 Å². The first-order valence-corrected chi connectivity index (χ1v) is 7.63. The minimum absolute atomic E-state index is 0.0350. The predicted octanol–water partition coefficient (Wildman–Crippen LogP) is 2.74. The summed E-state index contributed by atoms with van der Waals surface area (Å²) < 4.78 is 12.1. The molecule has 1 N–H and O–H groups in total. The molecule has 0 saturated carbocycles. The van der Waals surface area contributed by atoms with E-state index in [1.54, 1.807) is 0 Å². The van der Waals surface area contributed by atoms with Gasteiger partial charge in [-0.2, -0.15) is 0 Å². The summed E-state index contributed by atoms with van der Waals surface area (Å²) in [6.45, 7) is 5.41. The van der Waals surface area contributed by atoms with Crippen molar-refractivity contribution in [1.29, 1.82) is 0 Å². The van der Waals surface area contributed by atoms with Gasteiger partial charge in [0.25, 0.3) is 5.91 Å². The van der Waals surface area contributed by atoms with Crippen LogP contribution in [0.5, 0.6) is 5.75 Å². The number of benzene rings is 1. The number of carbonyl (C=O) groups excluding carboxylic acids is 1. The number of carbonyl (C=O) groups is 1. The van der Waals surface area contributed by atoms with E-state index in [2.05, 4.69) is 21.2 Å². The van der Waals surface area contributed by atoms with Crippen LogP contribution in [0, 0.1) is 13.8 Å². The van der Waals surface area contributed by atoms with Crippen molar-refractivity contribution in [3.63, 3.8) is 0 Å². The van der Waals surface area contributed by atoms with Crippen LogP contribution in [-0.2, 0) is 9.53 Å². The van der Waals surface area contributed by atoms with Gasteiger partial charge in [0.05, 0.1) is 6.10 Å². The van der Waals surface area contributed by atoms with E-state index < -0.39 is 0 Å². The maximum atomic E-state index is 11.7. The fourth-order valence-electron chi connectivity index (χ4n) is 2.22. The molecular weight excluding hydrogens is 322 g/mol. The first kappa shape index (κ1) is 15.3. The number of nitrogens with one attached hydrogen (secondary N) is 1. The van der Waals surface area contributed by atoms with Crippen LogP contribution in [0.3, 0.4) is 0 Å². The van der Waals surface area contributed by atoms with Crippen LogP contribution >= 0.6 is 15.9 Å². The van der Waals surface area contributed by atoms with Crippen LogP contribution in [0.25, 0.3) is 0 Å².